The molecule has 0 amide bonds. The first kappa shape index (κ1) is 22.5. The number of fused-ring (bicyclic) bond motifs is 1. The van der Waals surface area contributed by atoms with Gasteiger partial charge >= 0.3 is 0 Å². The first-order chi connectivity index (χ1) is 14.3. The maximum atomic E-state index is 11.8. The lowest BCUT2D eigenvalue weighted by atomic mass is 10.1. The van der Waals surface area contributed by atoms with Gasteiger partial charge in [-0.05, 0) is 23.6 Å². The lowest BCUT2D eigenvalue weighted by molar-refractivity contribution is 0.305. The summed E-state index contributed by atoms with van der Waals surface area (Å²) in [5, 5.41) is 8.68. The molecular weight excluding hydrogens is 402 g/mol. The fourth-order valence-electron chi connectivity index (χ4n) is 3.57. The van der Waals surface area contributed by atoms with Gasteiger partial charge in [0, 0.05) is 32.6 Å². The van der Waals surface area contributed by atoms with E-state index in [4.69, 9.17) is 4.74 Å². The molecule has 8 nitrogen and oxygen atoms in total. The van der Waals surface area contributed by atoms with Crippen LogP contribution in [0.25, 0.3) is 6.08 Å². The summed E-state index contributed by atoms with van der Waals surface area (Å²) in [6.45, 7) is 7.29. The normalized spacial score (nSPS) is 16.6. The lowest BCUT2D eigenvalue weighted by Crippen LogP contribution is -2.33. The van der Waals surface area contributed by atoms with Crippen LogP contribution in [0.4, 0.5) is 0 Å². The smallest absolute Gasteiger partial charge is 0.209 e. The first-order valence-corrected chi connectivity index (χ1v) is 12.1. The van der Waals surface area contributed by atoms with Crippen molar-refractivity contribution >= 4 is 16.1 Å². The van der Waals surface area contributed by atoms with E-state index in [9.17, 15) is 8.42 Å². The van der Waals surface area contributed by atoms with E-state index in [1.807, 2.05) is 38.1 Å². The highest BCUT2D eigenvalue weighted by atomic mass is 32.2. The highest BCUT2D eigenvalue weighted by Gasteiger charge is 2.28. The minimum atomic E-state index is -3.34. The Morgan fingerprint density at radius 2 is 1.90 bits per heavy atom. The molecular formula is C21H31N5O3S. The third-order valence-electron chi connectivity index (χ3n) is 5.22. The van der Waals surface area contributed by atoms with Crippen LogP contribution in [0.5, 0.6) is 5.75 Å². The second-order valence-corrected chi connectivity index (χ2v) is 9.74. The third-order valence-corrected chi connectivity index (χ3v) is 5.91. The molecule has 3 rings (SSSR count). The van der Waals surface area contributed by atoms with E-state index in [1.165, 1.54) is 6.26 Å². The van der Waals surface area contributed by atoms with Crippen LogP contribution in [0.1, 0.15) is 37.1 Å². The molecule has 1 aliphatic heterocycles. The summed E-state index contributed by atoms with van der Waals surface area (Å²) in [4.78, 5) is 2.37. The molecule has 0 saturated carbocycles. The van der Waals surface area contributed by atoms with Gasteiger partial charge in [-0.1, -0.05) is 38.1 Å². The molecule has 1 N–H and O–H groups in total. The van der Waals surface area contributed by atoms with Crippen molar-refractivity contribution in [2.24, 2.45) is 5.92 Å². The molecule has 0 spiro atoms. The molecule has 0 fully saturated rings. The fraction of sp³-hybridized carbons (Fsp3) is 0.524. The number of rotatable bonds is 8. The van der Waals surface area contributed by atoms with Crippen LogP contribution in [0.2, 0.25) is 0 Å². The van der Waals surface area contributed by atoms with Crippen LogP contribution in [-0.2, 0) is 23.0 Å². The summed E-state index contributed by atoms with van der Waals surface area (Å²) in [5.74, 6) is 2.53. The highest BCUT2D eigenvalue weighted by Crippen LogP contribution is 2.23. The second-order valence-electron chi connectivity index (χ2n) is 7.96. The van der Waals surface area contributed by atoms with Crippen molar-refractivity contribution in [3.8, 4) is 5.75 Å². The van der Waals surface area contributed by atoms with Gasteiger partial charge in [0.2, 0.25) is 10.0 Å². The first-order valence-electron chi connectivity index (χ1n) is 10.2. The van der Waals surface area contributed by atoms with E-state index >= 15 is 0 Å². The Bertz CT molecular complexity index is 967. The van der Waals surface area contributed by atoms with Gasteiger partial charge in [-0.3, -0.25) is 4.90 Å². The summed E-state index contributed by atoms with van der Waals surface area (Å²) in [6.07, 6.45) is 6.24. The largest absolute Gasteiger partial charge is 0.497 e. The number of sulfonamides is 1. The molecule has 0 radical (unpaired) electrons. The van der Waals surface area contributed by atoms with Crippen molar-refractivity contribution in [1.29, 1.82) is 0 Å². The molecule has 9 heteroatoms. The Hall–Kier alpha value is -2.23. The molecule has 2 aromatic rings. The van der Waals surface area contributed by atoms with E-state index in [1.54, 1.807) is 7.11 Å². The van der Waals surface area contributed by atoms with Crippen LogP contribution >= 0.6 is 0 Å². The van der Waals surface area contributed by atoms with Gasteiger partial charge in [0.1, 0.15) is 11.6 Å². The van der Waals surface area contributed by atoms with Crippen molar-refractivity contribution in [2.75, 3.05) is 33.0 Å². The number of nitrogens with one attached hydrogen (secondary N) is 1. The maximum absolute atomic E-state index is 11.8. The van der Waals surface area contributed by atoms with Crippen LogP contribution in [0, 0.1) is 5.92 Å². The molecule has 0 aliphatic carbocycles. The Morgan fingerprint density at radius 1 is 1.17 bits per heavy atom. The minimum absolute atomic E-state index is 0.0693. The standard InChI is InChI=1S/C21H31N5O3S/c1-16(2)20(24-30(4,27)28)21-23-22-19-11-13-25(14-15-26(19)21)12-5-6-17-7-9-18(29-3)10-8-17/h5-10,16,20,24H,11-15H2,1-4H3/b6-5+. The van der Waals surface area contributed by atoms with Crippen molar-refractivity contribution in [3.05, 3.63) is 47.6 Å². The lowest BCUT2D eigenvalue weighted by Gasteiger charge is -2.22. The SMILES string of the molecule is COc1ccc(/C=C/CN2CCc3nnc(C(NS(C)(=O)=O)C(C)C)n3CC2)cc1. The van der Waals surface area contributed by atoms with E-state index < -0.39 is 10.0 Å². The van der Waals surface area contributed by atoms with Crippen molar-refractivity contribution in [3.63, 3.8) is 0 Å². The van der Waals surface area contributed by atoms with Gasteiger partial charge < -0.3 is 9.30 Å². The van der Waals surface area contributed by atoms with Crippen molar-refractivity contribution in [2.45, 2.75) is 32.9 Å². The predicted octanol–water partition coefficient (Wildman–Crippen LogP) is 2.10. The number of aromatic nitrogens is 3. The molecule has 2 heterocycles. The topological polar surface area (TPSA) is 89.3 Å². The van der Waals surface area contributed by atoms with E-state index in [0.717, 1.165) is 49.7 Å². The van der Waals surface area contributed by atoms with Gasteiger partial charge in [0.25, 0.3) is 0 Å². The quantitative estimate of drug-likeness (QED) is 0.686. The van der Waals surface area contributed by atoms with E-state index in [-0.39, 0.29) is 12.0 Å². The number of benzene rings is 1. The minimum Gasteiger partial charge on any atom is -0.497 e. The van der Waals surface area contributed by atoms with Crippen LogP contribution in [-0.4, -0.2) is 61.1 Å². The van der Waals surface area contributed by atoms with Crippen molar-refractivity contribution < 1.29 is 13.2 Å². The number of hydrogen-bond donors (Lipinski definition) is 1. The average Bonchev–Trinajstić information content (AvgIpc) is 2.99. The van der Waals surface area contributed by atoms with Gasteiger partial charge in [0.15, 0.2) is 5.82 Å². The Kier molecular flexibility index (Phi) is 7.27. The van der Waals surface area contributed by atoms with E-state index in [2.05, 4.69) is 36.5 Å². The molecule has 1 aliphatic rings. The van der Waals surface area contributed by atoms with Crippen LogP contribution < -0.4 is 9.46 Å². The molecule has 0 bridgehead atoms. The molecule has 164 valence electrons. The van der Waals surface area contributed by atoms with Gasteiger partial charge in [-0.25, -0.2) is 13.1 Å². The average molecular weight is 434 g/mol. The Balaban J connectivity index is 1.64. The van der Waals surface area contributed by atoms with Gasteiger partial charge in [-0.2, -0.15) is 0 Å². The zero-order chi connectivity index (χ0) is 21.7. The summed E-state index contributed by atoms with van der Waals surface area (Å²) in [7, 11) is -1.68. The molecule has 1 atom stereocenters. The summed E-state index contributed by atoms with van der Waals surface area (Å²) >= 11 is 0. The number of nitrogens with zero attached hydrogens (tertiary/aromatic N) is 4. The zero-order valence-corrected chi connectivity index (χ0v) is 18.9. The fourth-order valence-corrected chi connectivity index (χ4v) is 4.41. The van der Waals surface area contributed by atoms with Gasteiger partial charge in [-0.15, -0.1) is 10.2 Å². The molecule has 30 heavy (non-hydrogen) atoms. The zero-order valence-electron chi connectivity index (χ0n) is 18.1. The van der Waals surface area contributed by atoms with Crippen LogP contribution in [0.3, 0.4) is 0 Å². The van der Waals surface area contributed by atoms with Gasteiger partial charge in [0.05, 0.1) is 19.4 Å². The molecule has 0 saturated heterocycles. The number of ether oxygens (including phenoxy) is 1. The highest BCUT2D eigenvalue weighted by molar-refractivity contribution is 7.88. The Morgan fingerprint density at radius 3 is 2.53 bits per heavy atom. The molecule has 1 aromatic carbocycles. The summed E-state index contributed by atoms with van der Waals surface area (Å²) in [6, 6.07) is 7.59. The summed E-state index contributed by atoms with van der Waals surface area (Å²) in [5.41, 5.74) is 1.14. The maximum Gasteiger partial charge on any atom is 0.209 e. The predicted molar refractivity (Wildman–Crippen MR) is 118 cm³/mol. The second kappa shape index (κ2) is 9.72. The van der Waals surface area contributed by atoms with E-state index in [0.29, 0.717) is 5.82 Å². The van der Waals surface area contributed by atoms with Crippen molar-refractivity contribution in [1.82, 2.24) is 24.4 Å². The number of hydrogen-bond acceptors (Lipinski definition) is 6. The monoisotopic (exact) mass is 433 g/mol. The molecule has 1 unspecified atom stereocenters. The third kappa shape index (κ3) is 5.90. The number of methoxy groups -OCH3 is 1. The van der Waals surface area contributed by atoms with Crippen LogP contribution in [0.15, 0.2) is 30.3 Å². The molecule has 1 aromatic heterocycles. The Labute approximate surface area is 179 Å². The summed E-state index contributed by atoms with van der Waals surface area (Å²) < 4.78 is 33.6.